The Bertz CT molecular complexity index is 601. The third-order valence-corrected chi connectivity index (χ3v) is 4.33. The van der Waals surface area contributed by atoms with Crippen molar-refractivity contribution in [3.63, 3.8) is 0 Å². The summed E-state index contributed by atoms with van der Waals surface area (Å²) in [5.74, 6) is 0. The molecule has 18 heavy (non-hydrogen) atoms. The summed E-state index contributed by atoms with van der Waals surface area (Å²) in [5.41, 5.74) is 3.34. The average Bonchev–Trinajstić information content (AvgIpc) is 2.82. The summed E-state index contributed by atoms with van der Waals surface area (Å²) < 4.78 is 2.61. The summed E-state index contributed by atoms with van der Waals surface area (Å²) in [5, 5.41) is 15.3. The van der Waals surface area contributed by atoms with Crippen molar-refractivity contribution in [3.8, 4) is 0 Å². The minimum atomic E-state index is -0.925. The molecule has 2 aromatic rings. The van der Waals surface area contributed by atoms with Crippen molar-refractivity contribution in [2.45, 2.75) is 25.4 Å². The van der Waals surface area contributed by atoms with Gasteiger partial charge in [0.05, 0.1) is 16.4 Å². The highest BCUT2D eigenvalue weighted by atomic mass is 79.9. The van der Waals surface area contributed by atoms with E-state index in [4.69, 9.17) is 0 Å². The summed E-state index contributed by atoms with van der Waals surface area (Å²) in [6.45, 7) is 2.05. The summed E-state index contributed by atoms with van der Waals surface area (Å²) in [4.78, 5) is 0. The normalized spacial score (nSPS) is 22.2. The molecule has 1 aliphatic rings. The number of aliphatic hydroxyl groups is 1. The van der Waals surface area contributed by atoms with Crippen LogP contribution in [0.2, 0.25) is 0 Å². The van der Waals surface area contributed by atoms with E-state index < -0.39 is 5.60 Å². The van der Waals surface area contributed by atoms with Crippen LogP contribution in [0.3, 0.4) is 0 Å². The number of aromatic nitrogens is 2. The highest BCUT2D eigenvalue weighted by Crippen LogP contribution is 2.44. The fraction of sp³-hybridized carbons (Fsp3) is 0.357. The second kappa shape index (κ2) is 3.93. The van der Waals surface area contributed by atoms with Gasteiger partial charge in [0.2, 0.25) is 0 Å². The van der Waals surface area contributed by atoms with E-state index in [1.54, 1.807) is 10.9 Å². The zero-order chi connectivity index (χ0) is 12.9. The van der Waals surface area contributed by atoms with Crippen LogP contribution in [0, 0.1) is 6.92 Å². The third-order valence-electron chi connectivity index (χ3n) is 3.75. The van der Waals surface area contributed by atoms with Gasteiger partial charge in [-0.05, 0) is 46.8 Å². The van der Waals surface area contributed by atoms with Gasteiger partial charge in [-0.2, -0.15) is 5.10 Å². The van der Waals surface area contributed by atoms with Crippen LogP contribution in [0.1, 0.15) is 28.8 Å². The van der Waals surface area contributed by atoms with E-state index >= 15 is 0 Å². The highest BCUT2D eigenvalue weighted by Gasteiger charge is 2.41. The van der Waals surface area contributed by atoms with Crippen LogP contribution in [0.25, 0.3) is 0 Å². The number of rotatable bonds is 1. The van der Waals surface area contributed by atoms with E-state index in [0.717, 1.165) is 22.2 Å². The molecule has 0 fully saturated rings. The van der Waals surface area contributed by atoms with Crippen LogP contribution in [0.4, 0.5) is 0 Å². The molecule has 1 aliphatic carbocycles. The minimum Gasteiger partial charge on any atom is -0.379 e. The summed E-state index contributed by atoms with van der Waals surface area (Å²) in [6.07, 6.45) is 3.36. The number of benzene rings is 1. The second-order valence-corrected chi connectivity index (χ2v) is 5.84. The van der Waals surface area contributed by atoms with E-state index in [9.17, 15) is 5.11 Å². The monoisotopic (exact) mass is 306 g/mol. The predicted molar refractivity (Wildman–Crippen MR) is 73.4 cm³/mol. The van der Waals surface area contributed by atoms with Crippen molar-refractivity contribution >= 4 is 15.9 Å². The molecule has 0 radical (unpaired) electrons. The fourth-order valence-corrected chi connectivity index (χ4v) is 3.54. The largest absolute Gasteiger partial charge is 0.379 e. The highest BCUT2D eigenvalue weighted by molar-refractivity contribution is 9.10. The smallest absolute Gasteiger partial charge is 0.133 e. The first-order valence-electron chi connectivity index (χ1n) is 6.03. The standard InChI is InChI=1S/C14H15BrN2O/c1-9-3-4-10-5-6-14(18,11(10)7-9)13-12(15)8-16-17(13)2/h3-4,7-8,18H,5-6H2,1-2H3. The van der Waals surface area contributed by atoms with E-state index in [2.05, 4.69) is 46.2 Å². The van der Waals surface area contributed by atoms with Crippen molar-refractivity contribution in [2.75, 3.05) is 0 Å². The lowest BCUT2D eigenvalue weighted by Gasteiger charge is -2.25. The zero-order valence-electron chi connectivity index (χ0n) is 10.4. The molecule has 0 bridgehead atoms. The maximum atomic E-state index is 11.1. The molecule has 0 saturated heterocycles. The van der Waals surface area contributed by atoms with E-state index in [-0.39, 0.29) is 0 Å². The first kappa shape index (κ1) is 11.9. The molecule has 94 valence electrons. The Morgan fingerprint density at radius 2 is 2.22 bits per heavy atom. The summed E-state index contributed by atoms with van der Waals surface area (Å²) in [7, 11) is 1.87. The zero-order valence-corrected chi connectivity index (χ0v) is 12.0. The Kier molecular flexibility index (Phi) is 2.61. The molecule has 0 saturated carbocycles. The minimum absolute atomic E-state index is 0.712. The SMILES string of the molecule is Cc1ccc2c(c1)C(O)(c1c(Br)cnn1C)CC2. The second-order valence-electron chi connectivity index (χ2n) is 4.99. The van der Waals surface area contributed by atoms with Crippen LogP contribution < -0.4 is 0 Å². The fourth-order valence-electron chi connectivity index (χ4n) is 2.87. The van der Waals surface area contributed by atoms with Crippen molar-refractivity contribution in [3.05, 3.63) is 51.3 Å². The maximum Gasteiger partial charge on any atom is 0.133 e. The van der Waals surface area contributed by atoms with Gasteiger partial charge in [0.25, 0.3) is 0 Å². The van der Waals surface area contributed by atoms with Gasteiger partial charge >= 0.3 is 0 Å². The first-order chi connectivity index (χ1) is 8.52. The molecule has 4 heteroatoms. The lowest BCUT2D eigenvalue weighted by Crippen LogP contribution is -2.27. The molecule has 1 N–H and O–H groups in total. The van der Waals surface area contributed by atoms with Gasteiger partial charge in [0, 0.05) is 7.05 Å². The third kappa shape index (κ3) is 1.56. The molecular weight excluding hydrogens is 292 g/mol. The van der Waals surface area contributed by atoms with Crippen LogP contribution >= 0.6 is 15.9 Å². The van der Waals surface area contributed by atoms with Crippen LogP contribution in [0.5, 0.6) is 0 Å². The van der Waals surface area contributed by atoms with E-state index in [1.165, 1.54) is 11.1 Å². The molecule has 0 amide bonds. The molecular formula is C14H15BrN2O. The Morgan fingerprint density at radius 3 is 2.89 bits per heavy atom. The van der Waals surface area contributed by atoms with Crippen molar-refractivity contribution in [1.29, 1.82) is 0 Å². The molecule has 1 aromatic heterocycles. The molecule has 3 nitrogen and oxygen atoms in total. The topological polar surface area (TPSA) is 38.1 Å². The van der Waals surface area contributed by atoms with Gasteiger partial charge in [-0.25, -0.2) is 0 Å². The Hall–Kier alpha value is -1.13. The number of halogens is 1. The van der Waals surface area contributed by atoms with E-state index in [0.29, 0.717) is 6.42 Å². The molecule has 1 unspecified atom stereocenters. The van der Waals surface area contributed by atoms with Gasteiger partial charge in [0.15, 0.2) is 0 Å². The van der Waals surface area contributed by atoms with Gasteiger partial charge in [-0.3, -0.25) is 4.68 Å². The average molecular weight is 307 g/mol. The van der Waals surface area contributed by atoms with Gasteiger partial charge in [-0.1, -0.05) is 23.8 Å². The van der Waals surface area contributed by atoms with Crippen molar-refractivity contribution < 1.29 is 5.11 Å². The number of fused-ring (bicyclic) bond motifs is 1. The molecule has 1 heterocycles. The summed E-state index contributed by atoms with van der Waals surface area (Å²) >= 11 is 3.49. The Balaban J connectivity index is 2.23. The number of nitrogens with zero attached hydrogens (tertiary/aromatic N) is 2. The van der Waals surface area contributed by atoms with Crippen molar-refractivity contribution in [1.82, 2.24) is 9.78 Å². The predicted octanol–water partition coefficient (Wildman–Crippen LogP) is 2.67. The number of aryl methyl sites for hydroxylation is 3. The van der Waals surface area contributed by atoms with Gasteiger partial charge < -0.3 is 5.11 Å². The lowest BCUT2D eigenvalue weighted by atomic mass is 9.91. The molecule has 3 rings (SSSR count). The van der Waals surface area contributed by atoms with E-state index in [1.807, 2.05) is 7.05 Å². The quantitative estimate of drug-likeness (QED) is 0.879. The Labute approximate surface area is 115 Å². The summed E-state index contributed by atoms with van der Waals surface area (Å²) in [6, 6.07) is 6.30. The van der Waals surface area contributed by atoms with Gasteiger partial charge in [0.1, 0.15) is 5.60 Å². The van der Waals surface area contributed by atoms with Crippen LogP contribution in [-0.2, 0) is 19.1 Å². The van der Waals surface area contributed by atoms with Crippen LogP contribution in [-0.4, -0.2) is 14.9 Å². The molecule has 1 atom stereocenters. The number of hydrogen-bond donors (Lipinski definition) is 1. The first-order valence-corrected chi connectivity index (χ1v) is 6.82. The lowest BCUT2D eigenvalue weighted by molar-refractivity contribution is 0.0732. The maximum absolute atomic E-state index is 11.1. The van der Waals surface area contributed by atoms with Crippen LogP contribution in [0.15, 0.2) is 28.9 Å². The molecule has 0 aliphatic heterocycles. The molecule has 0 spiro atoms. The van der Waals surface area contributed by atoms with Crippen molar-refractivity contribution in [2.24, 2.45) is 7.05 Å². The Morgan fingerprint density at radius 1 is 1.44 bits per heavy atom. The van der Waals surface area contributed by atoms with Gasteiger partial charge in [-0.15, -0.1) is 0 Å². The number of hydrogen-bond acceptors (Lipinski definition) is 2. The molecule has 1 aromatic carbocycles.